The van der Waals surface area contributed by atoms with Gasteiger partial charge in [-0.3, -0.25) is 9.78 Å². The molecule has 1 aliphatic carbocycles. The lowest BCUT2D eigenvalue weighted by molar-refractivity contribution is 0.0466. The Morgan fingerprint density at radius 3 is 2.75 bits per heavy atom. The Kier molecular flexibility index (Phi) is 3.83. The Bertz CT molecular complexity index is 1080. The van der Waals surface area contributed by atoms with Crippen molar-refractivity contribution in [3.63, 3.8) is 0 Å². The van der Waals surface area contributed by atoms with Gasteiger partial charge in [0.15, 0.2) is 0 Å². The molecule has 8 heteroatoms. The zero-order valence-electron chi connectivity index (χ0n) is 15.3. The standard InChI is InChI=1S/C20H19FN4O3/c1-28-16-5-2-11(7-22-16)17-18-15(6-12(21)8-23-18)24-9-14(10-26)25(13-3-4-13)20(27)19(17)24/h2,5-8,13-14,26H,3-4,9-10H2,1H3/t14-/m0/s1. The Balaban J connectivity index is 1.77. The van der Waals surface area contributed by atoms with Gasteiger partial charge < -0.3 is 19.3 Å². The molecular formula is C20H19FN4O3. The highest BCUT2D eigenvalue weighted by molar-refractivity contribution is 6.09. The third-order valence-electron chi connectivity index (χ3n) is 5.48. The minimum atomic E-state index is -0.468. The fourth-order valence-electron chi connectivity index (χ4n) is 4.08. The number of aromatic nitrogens is 3. The molecule has 0 unspecified atom stereocenters. The molecule has 28 heavy (non-hydrogen) atoms. The largest absolute Gasteiger partial charge is 0.481 e. The lowest BCUT2D eigenvalue weighted by atomic mass is 10.0. The number of carbonyl (C=O) groups is 1. The summed E-state index contributed by atoms with van der Waals surface area (Å²) < 4.78 is 20.9. The summed E-state index contributed by atoms with van der Waals surface area (Å²) in [6.45, 7) is 0.267. The maximum absolute atomic E-state index is 14.0. The first kappa shape index (κ1) is 17.1. The van der Waals surface area contributed by atoms with Gasteiger partial charge in [-0.1, -0.05) is 0 Å². The van der Waals surface area contributed by atoms with Gasteiger partial charge in [0.2, 0.25) is 5.88 Å². The topological polar surface area (TPSA) is 80.5 Å². The van der Waals surface area contributed by atoms with Crippen LogP contribution in [-0.4, -0.2) is 56.2 Å². The highest BCUT2D eigenvalue weighted by atomic mass is 19.1. The number of hydrogen-bond acceptors (Lipinski definition) is 5. The summed E-state index contributed by atoms with van der Waals surface area (Å²) in [5, 5.41) is 9.87. The smallest absolute Gasteiger partial charge is 0.271 e. The van der Waals surface area contributed by atoms with Crippen LogP contribution in [0.25, 0.3) is 22.2 Å². The van der Waals surface area contributed by atoms with E-state index in [1.165, 1.54) is 13.2 Å². The van der Waals surface area contributed by atoms with Crippen LogP contribution in [0.4, 0.5) is 4.39 Å². The number of methoxy groups -OCH3 is 1. The van der Waals surface area contributed by atoms with Gasteiger partial charge in [0, 0.05) is 42.0 Å². The number of hydrogen-bond donors (Lipinski definition) is 1. The summed E-state index contributed by atoms with van der Waals surface area (Å²) in [4.78, 5) is 23.8. The van der Waals surface area contributed by atoms with Crippen LogP contribution in [0, 0.1) is 5.82 Å². The van der Waals surface area contributed by atoms with Crippen molar-refractivity contribution in [3.05, 3.63) is 42.1 Å². The Hall–Kier alpha value is -3.00. The molecule has 1 saturated carbocycles. The molecule has 1 amide bonds. The van der Waals surface area contributed by atoms with Crippen LogP contribution in [0.15, 0.2) is 30.6 Å². The average Bonchev–Trinajstić information content (AvgIpc) is 3.50. The van der Waals surface area contributed by atoms with Gasteiger partial charge in [-0.25, -0.2) is 9.37 Å². The van der Waals surface area contributed by atoms with Crippen molar-refractivity contribution in [2.24, 2.45) is 0 Å². The van der Waals surface area contributed by atoms with E-state index in [1.54, 1.807) is 21.7 Å². The molecule has 1 fully saturated rings. The summed E-state index contributed by atoms with van der Waals surface area (Å²) in [6.07, 6.45) is 4.66. The van der Waals surface area contributed by atoms with Gasteiger partial charge in [0.1, 0.15) is 11.5 Å². The van der Waals surface area contributed by atoms with Crippen LogP contribution in [0.3, 0.4) is 0 Å². The number of aliphatic hydroxyl groups is 1. The highest BCUT2D eigenvalue weighted by Gasteiger charge is 2.43. The van der Waals surface area contributed by atoms with Crippen LogP contribution in [0.5, 0.6) is 5.88 Å². The Morgan fingerprint density at radius 1 is 1.29 bits per heavy atom. The maximum atomic E-state index is 14.0. The fourth-order valence-corrected chi connectivity index (χ4v) is 4.08. The van der Waals surface area contributed by atoms with E-state index in [4.69, 9.17) is 4.74 Å². The lowest BCUT2D eigenvalue weighted by Crippen LogP contribution is -2.50. The van der Waals surface area contributed by atoms with Crippen molar-refractivity contribution in [1.82, 2.24) is 19.4 Å². The number of ether oxygens (including phenoxy) is 1. The third kappa shape index (κ3) is 2.48. The molecule has 1 atom stereocenters. The molecule has 4 heterocycles. The molecule has 1 N–H and O–H groups in total. The Morgan fingerprint density at radius 2 is 2.11 bits per heavy atom. The predicted octanol–water partition coefficient (Wildman–Crippen LogP) is 2.23. The van der Waals surface area contributed by atoms with E-state index >= 15 is 0 Å². The van der Waals surface area contributed by atoms with Crippen LogP contribution < -0.4 is 4.74 Å². The van der Waals surface area contributed by atoms with Crippen LogP contribution in [0.1, 0.15) is 23.3 Å². The molecule has 144 valence electrons. The van der Waals surface area contributed by atoms with Crippen molar-refractivity contribution in [2.45, 2.75) is 31.5 Å². The van der Waals surface area contributed by atoms with Gasteiger partial charge in [-0.15, -0.1) is 0 Å². The van der Waals surface area contributed by atoms with Gasteiger partial charge in [0.05, 0.1) is 37.0 Å². The van der Waals surface area contributed by atoms with Gasteiger partial charge in [-0.05, 0) is 18.9 Å². The van der Waals surface area contributed by atoms with Crippen LogP contribution >= 0.6 is 0 Å². The number of amides is 1. The van der Waals surface area contributed by atoms with Crippen molar-refractivity contribution in [1.29, 1.82) is 0 Å². The summed E-state index contributed by atoms with van der Waals surface area (Å²) >= 11 is 0. The number of pyridine rings is 2. The molecule has 1 aliphatic heterocycles. The second-order valence-corrected chi connectivity index (χ2v) is 7.22. The predicted molar refractivity (Wildman–Crippen MR) is 99.5 cm³/mol. The quantitative estimate of drug-likeness (QED) is 0.748. The van der Waals surface area contributed by atoms with E-state index in [-0.39, 0.29) is 24.6 Å². The van der Waals surface area contributed by atoms with E-state index < -0.39 is 5.82 Å². The fraction of sp³-hybridized carbons (Fsp3) is 0.350. The number of carbonyl (C=O) groups excluding carboxylic acids is 1. The first-order valence-corrected chi connectivity index (χ1v) is 9.24. The van der Waals surface area contributed by atoms with Crippen LogP contribution in [-0.2, 0) is 6.54 Å². The monoisotopic (exact) mass is 382 g/mol. The maximum Gasteiger partial charge on any atom is 0.271 e. The molecule has 0 bridgehead atoms. The molecule has 0 spiro atoms. The number of fused-ring (bicyclic) bond motifs is 3. The first-order chi connectivity index (χ1) is 13.6. The summed E-state index contributed by atoms with van der Waals surface area (Å²) in [5.74, 6) is -0.159. The van der Waals surface area contributed by atoms with Crippen molar-refractivity contribution >= 4 is 16.9 Å². The van der Waals surface area contributed by atoms with Crippen LogP contribution in [0.2, 0.25) is 0 Å². The van der Waals surface area contributed by atoms with Gasteiger partial charge >= 0.3 is 0 Å². The van der Waals surface area contributed by atoms with E-state index in [2.05, 4.69) is 9.97 Å². The summed E-state index contributed by atoms with van der Waals surface area (Å²) in [5.41, 5.74) is 2.91. The molecular weight excluding hydrogens is 363 g/mol. The first-order valence-electron chi connectivity index (χ1n) is 9.24. The molecule has 3 aromatic heterocycles. The number of halogens is 1. The number of nitrogens with zero attached hydrogens (tertiary/aromatic N) is 4. The molecule has 0 saturated heterocycles. The molecule has 3 aromatic rings. The zero-order valence-corrected chi connectivity index (χ0v) is 15.3. The second-order valence-electron chi connectivity index (χ2n) is 7.22. The second kappa shape index (κ2) is 6.27. The molecule has 2 aliphatic rings. The zero-order chi connectivity index (χ0) is 19.4. The SMILES string of the molecule is COc1ccc(-c2c3n(c4cc(F)cnc24)C[C@@H](CO)N(C2CC2)C3=O)cn1. The Labute approximate surface area is 160 Å². The van der Waals surface area contributed by atoms with E-state index in [0.29, 0.717) is 40.3 Å². The molecule has 7 nitrogen and oxygen atoms in total. The number of aliphatic hydroxyl groups excluding tert-OH is 1. The molecule has 0 radical (unpaired) electrons. The van der Waals surface area contributed by atoms with Gasteiger partial charge in [-0.2, -0.15) is 0 Å². The normalized spacial score (nSPS) is 19.2. The minimum Gasteiger partial charge on any atom is -0.481 e. The van der Waals surface area contributed by atoms with Crippen molar-refractivity contribution in [3.8, 4) is 17.0 Å². The summed E-state index contributed by atoms with van der Waals surface area (Å²) in [7, 11) is 1.54. The van der Waals surface area contributed by atoms with Crippen molar-refractivity contribution < 1.29 is 19.0 Å². The highest BCUT2D eigenvalue weighted by Crippen LogP contribution is 2.40. The van der Waals surface area contributed by atoms with E-state index in [0.717, 1.165) is 19.0 Å². The van der Waals surface area contributed by atoms with Crippen molar-refractivity contribution in [2.75, 3.05) is 13.7 Å². The molecule has 0 aromatic carbocycles. The van der Waals surface area contributed by atoms with Gasteiger partial charge in [0.25, 0.3) is 5.91 Å². The number of rotatable bonds is 4. The lowest BCUT2D eigenvalue weighted by Gasteiger charge is -2.36. The molecule has 5 rings (SSSR count). The van der Waals surface area contributed by atoms with E-state index in [9.17, 15) is 14.3 Å². The third-order valence-corrected chi connectivity index (χ3v) is 5.48. The van der Waals surface area contributed by atoms with E-state index in [1.807, 2.05) is 6.07 Å². The summed E-state index contributed by atoms with van der Waals surface area (Å²) in [6, 6.07) is 4.76. The average molecular weight is 382 g/mol. The minimum absolute atomic E-state index is 0.135.